The van der Waals surface area contributed by atoms with Crippen molar-refractivity contribution in [2.45, 2.75) is 22.4 Å². The summed E-state index contributed by atoms with van der Waals surface area (Å²) in [5, 5.41) is 12.4. The molecule has 3 aromatic rings. The Hall–Kier alpha value is -1.89. The Labute approximate surface area is 165 Å². The third-order valence-electron chi connectivity index (χ3n) is 4.27. The van der Waals surface area contributed by atoms with Crippen molar-refractivity contribution in [1.29, 1.82) is 0 Å². The molecule has 1 aliphatic carbocycles. The number of halogens is 1. The molecule has 26 heavy (non-hydrogen) atoms. The highest BCUT2D eigenvalue weighted by atomic mass is 35.5. The van der Waals surface area contributed by atoms with Crippen LogP contribution in [0, 0.1) is 5.92 Å². The van der Waals surface area contributed by atoms with Gasteiger partial charge >= 0.3 is 0 Å². The number of thioether (sulfide) groups is 1. The summed E-state index contributed by atoms with van der Waals surface area (Å²) in [5.41, 5.74) is 2.28. The molecule has 0 saturated heterocycles. The summed E-state index contributed by atoms with van der Waals surface area (Å²) >= 11 is 9.25. The normalized spacial score (nSPS) is 18.5. The Morgan fingerprint density at radius 2 is 1.92 bits per heavy atom. The first kappa shape index (κ1) is 17.5. The van der Waals surface area contributed by atoms with Gasteiger partial charge in [0.25, 0.3) is 0 Å². The summed E-state index contributed by atoms with van der Waals surface area (Å²) in [6.07, 6.45) is 0.823. The molecule has 1 amide bonds. The molecule has 4 nitrogen and oxygen atoms in total. The first-order valence-corrected chi connectivity index (χ1v) is 10.4. The molecule has 0 spiro atoms. The van der Waals surface area contributed by atoms with E-state index in [1.54, 1.807) is 11.8 Å². The van der Waals surface area contributed by atoms with Gasteiger partial charge in [-0.05, 0) is 29.5 Å². The van der Waals surface area contributed by atoms with E-state index in [2.05, 4.69) is 27.6 Å². The van der Waals surface area contributed by atoms with Crippen LogP contribution in [0.5, 0.6) is 0 Å². The van der Waals surface area contributed by atoms with Crippen molar-refractivity contribution in [3.63, 3.8) is 0 Å². The fourth-order valence-corrected chi connectivity index (χ4v) is 4.83. The lowest BCUT2D eigenvalue weighted by Gasteiger charge is -2.03. The lowest BCUT2D eigenvalue weighted by molar-refractivity contribution is -0.117. The van der Waals surface area contributed by atoms with Crippen LogP contribution in [0.3, 0.4) is 0 Å². The number of carbonyl (C=O) groups is 1. The Morgan fingerprint density at radius 1 is 1.15 bits per heavy atom. The molecule has 2 unspecified atom stereocenters. The predicted octanol–water partition coefficient (Wildman–Crippen LogP) is 5.23. The number of nitrogens with zero attached hydrogens (tertiary/aromatic N) is 2. The lowest BCUT2D eigenvalue weighted by atomic mass is 10.1. The minimum Gasteiger partial charge on any atom is -0.300 e. The fourth-order valence-electron chi connectivity index (χ4n) is 2.84. The van der Waals surface area contributed by atoms with Crippen LogP contribution < -0.4 is 5.32 Å². The van der Waals surface area contributed by atoms with E-state index in [-0.39, 0.29) is 17.7 Å². The molecule has 2 atom stereocenters. The van der Waals surface area contributed by atoms with Crippen molar-refractivity contribution < 1.29 is 4.79 Å². The predicted molar refractivity (Wildman–Crippen MR) is 107 cm³/mol. The van der Waals surface area contributed by atoms with Crippen LogP contribution >= 0.6 is 34.7 Å². The smallest absolute Gasteiger partial charge is 0.229 e. The van der Waals surface area contributed by atoms with Gasteiger partial charge in [0.1, 0.15) is 0 Å². The summed E-state index contributed by atoms with van der Waals surface area (Å²) in [5.74, 6) is 0.981. The van der Waals surface area contributed by atoms with Crippen LogP contribution in [-0.4, -0.2) is 16.1 Å². The third-order valence-corrected chi connectivity index (χ3v) is 6.66. The summed E-state index contributed by atoms with van der Waals surface area (Å²) < 4.78 is 0.850. The molecule has 1 aliphatic rings. The SMILES string of the molecule is O=C(Nc1nnc(SCc2ccccc2)s1)C1CC1c1ccccc1Cl. The van der Waals surface area contributed by atoms with Crippen molar-refractivity contribution in [3.05, 3.63) is 70.7 Å². The minimum atomic E-state index is -0.0424. The molecular formula is C19H16ClN3OS2. The number of hydrogen-bond donors (Lipinski definition) is 1. The first-order valence-electron chi connectivity index (χ1n) is 8.26. The second kappa shape index (κ2) is 7.78. The quantitative estimate of drug-likeness (QED) is 0.454. The maximum absolute atomic E-state index is 12.4. The maximum atomic E-state index is 12.4. The van der Waals surface area contributed by atoms with Gasteiger partial charge in [0.15, 0.2) is 4.34 Å². The first-order chi connectivity index (χ1) is 12.7. The lowest BCUT2D eigenvalue weighted by Crippen LogP contribution is -2.14. The second-order valence-electron chi connectivity index (χ2n) is 6.11. The van der Waals surface area contributed by atoms with Crippen LogP contribution in [0.1, 0.15) is 23.5 Å². The zero-order valence-electron chi connectivity index (χ0n) is 13.8. The molecule has 0 bridgehead atoms. The summed E-state index contributed by atoms with van der Waals surface area (Å²) in [4.78, 5) is 12.4. The second-order valence-corrected chi connectivity index (χ2v) is 8.71. The molecule has 1 heterocycles. The highest BCUT2D eigenvalue weighted by Crippen LogP contribution is 2.50. The Bertz CT molecular complexity index is 916. The zero-order chi connectivity index (χ0) is 17.9. The van der Waals surface area contributed by atoms with Crippen molar-refractivity contribution >= 4 is 45.7 Å². The Morgan fingerprint density at radius 3 is 2.73 bits per heavy atom. The maximum Gasteiger partial charge on any atom is 0.229 e. The Kier molecular flexibility index (Phi) is 5.24. The molecule has 2 aromatic carbocycles. The van der Waals surface area contributed by atoms with Crippen molar-refractivity contribution in [2.75, 3.05) is 5.32 Å². The van der Waals surface area contributed by atoms with Crippen molar-refractivity contribution in [3.8, 4) is 0 Å². The van der Waals surface area contributed by atoms with Crippen molar-refractivity contribution in [1.82, 2.24) is 10.2 Å². The van der Waals surface area contributed by atoms with E-state index in [9.17, 15) is 4.79 Å². The van der Waals surface area contributed by atoms with E-state index in [1.807, 2.05) is 42.5 Å². The van der Waals surface area contributed by atoms with E-state index in [0.717, 1.165) is 27.1 Å². The standard InChI is InChI=1S/C19H16ClN3OS2/c20-16-9-5-4-8-13(16)14-10-15(14)17(24)21-18-22-23-19(26-18)25-11-12-6-2-1-3-7-12/h1-9,14-15H,10-11H2,(H,21,22,24). The van der Waals surface area contributed by atoms with Crippen LogP contribution in [0.4, 0.5) is 5.13 Å². The molecule has 1 N–H and O–H groups in total. The van der Waals surface area contributed by atoms with E-state index in [0.29, 0.717) is 5.13 Å². The van der Waals surface area contributed by atoms with Gasteiger partial charge in [0, 0.05) is 16.7 Å². The van der Waals surface area contributed by atoms with E-state index in [4.69, 9.17) is 11.6 Å². The number of rotatable bonds is 6. The highest BCUT2D eigenvalue weighted by molar-refractivity contribution is 8.00. The average Bonchev–Trinajstić information content (AvgIpc) is 3.34. The molecule has 1 fully saturated rings. The molecule has 4 rings (SSSR count). The van der Waals surface area contributed by atoms with Gasteiger partial charge in [0.2, 0.25) is 11.0 Å². The largest absolute Gasteiger partial charge is 0.300 e. The van der Waals surface area contributed by atoms with Gasteiger partial charge in [-0.3, -0.25) is 4.79 Å². The number of carbonyl (C=O) groups excluding carboxylic acids is 1. The number of nitrogens with one attached hydrogen (secondary N) is 1. The topological polar surface area (TPSA) is 54.9 Å². The van der Waals surface area contributed by atoms with E-state index >= 15 is 0 Å². The molecule has 7 heteroatoms. The van der Waals surface area contributed by atoms with Crippen LogP contribution in [0.15, 0.2) is 58.9 Å². The molecular weight excluding hydrogens is 386 g/mol. The van der Waals surface area contributed by atoms with E-state index < -0.39 is 0 Å². The molecule has 1 saturated carbocycles. The fraction of sp³-hybridized carbons (Fsp3) is 0.211. The third kappa shape index (κ3) is 4.09. The number of anilines is 1. The van der Waals surface area contributed by atoms with Gasteiger partial charge in [-0.1, -0.05) is 83.2 Å². The number of hydrogen-bond acceptors (Lipinski definition) is 5. The van der Waals surface area contributed by atoms with Crippen LogP contribution in [0.25, 0.3) is 0 Å². The number of benzene rings is 2. The molecule has 0 aliphatic heterocycles. The van der Waals surface area contributed by atoms with E-state index in [1.165, 1.54) is 16.9 Å². The van der Waals surface area contributed by atoms with Gasteiger partial charge < -0.3 is 5.32 Å². The monoisotopic (exact) mass is 401 g/mol. The zero-order valence-corrected chi connectivity index (χ0v) is 16.2. The minimum absolute atomic E-state index is 0.00863. The Balaban J connectivity index is 1.32. The van der Waals surface area contributed by atoms with Gasteiger partial charge in [0.05, 0.1) is 0 Å². The number of aromatic nitrogens is 2. The summed E-state index contributed by atoms with van der Waals surface area (Å²) in [6.45, 7) is 0. The van der Waals surface area contributed by atoms with Gasteiger partial charge in [-0.2, -0.15) is 0 Å². The van der Waals surface area contributed by atoms with Crippen LogP contribution in [-0.2, 0) is 10.5 Å². The van der Waals surface area contributed by atoms with Crippen LogP contribution in [0.2, 0.25) is 5.02 Å². The summed E-state index contributed by atoms with van der Waals surface area (Å²) in [7, 11) is 0. The molecule has 0 radical (unpaired) electrons. The van der Waals surface area contributed by atoms with Gasteiger partial charge in [-0.25, -0.2) is 0 Å². The summed E-state index contributed by atoms with van der Waals surface area (Å²) in [6, 6.07) is 17.9. The average molecular weight is 402 g/mol. The van der Waals surface area contributed by atoms with Crippen molar-refractivity contribution in [2.24, 2.45) is 5.92 Å². The highest BCUT2D eigenvalue weighted by Gasteiger charge is 2.45. The molecule has 1 aromatic heterocycles. The molecule has 132 valence electrons. The number of amides is 1. The van der Waals surface area contributed by atoms with Gasteiger partial charge in [-0.15, -0.1) is 10.2 Å².